The number of rotatable bonds is 1. The second-order valence-corrected chi connectivity index (χ2v) is 7.34. The Kier molecular flexibility index (Phi) is 3.96. The third-order valence-corrected chi connectivity index (χ3v) is 5.06. The number of nitrogens with two attached hydrogens (primary N) is 1. The van der Waals surface area contributed by atoms with Gasteiger partial charge in [-0.25, -0.2) is 0 Å². The highest BCUT2D eigenvalue weighted by atomic mass is 127. The molecule has 2 aromatic rings. The van der Waals surface area contributed by atoms with Crippen molar-refractivity contribution in [3.8, 4) is 0 Å². The molecule has 0 radical (unpaired) electrons. The molecule has 0 saturated heterocycles. The second-order valence-electron chi connectivity index (χ2n) is 5.24. The minimum absolute atomic E-state index is 0.0245. The van der Waals surface area contributed by atoms with Gasteiger partial charge in [0, 0.05) is 25.5 Å². The van der Waals surface area contributed by atoms with E-state index in [0.29, 0.717) is 5.56 Å². The number of fused-ring (bicyclic) bond motifs is 1. The van der Waals surface area contributed by atoms with Crippen molar-refractivity contribution in [2.75, 3.05) is 10.6 Å². The second kappa shape index (κ2) is 5.61. The maximum atomic E-state index is 12.9. The van der Waals surface area contributed by atoms with E-state index in [2.05, 4.69) is 45.4 Å². The van der Waals surface area contributed by atoms with E-state index in [1.807, 2.05) is 41.3 Å². The summed E-state index contributed by atoms with van der Waals surface area (Å²) in [5, 5.41) is 0. The number of amides is 1. The van der Waals surface area contributed by atoms with E-state index in [1.165, 1.54) is 0 Å². The third-order valence-electron chi connectivity index (χ3n) is 3.70. The van der Waals surface area contributed by atoms with Crippen molar-refractivity contribution in [2.45, 2.75) is 19.4 Å². The van der Waals surface area contributed by atoms with E-state index in [4.69, 9.17) is 5.73 Å². The maximum Gasteiger partial charge on any atom is 0.259 e. The standard InChI is InChI=1S/C16H14BrIN2O/c1-9-6-10-7-12(19)3-5-15(10)20(9)16(21)13-8-11(18)2-4-14(13)17/h2-5,7-9H,6,19H2,1H3. The Morgan fingerprint density at radius 3 is 2.86 bits per heavy atom. The molecule has 1 amide bonds. The van der Waals surface area contributed by atoms with Gasteiger partial charge in [0.2, 0.25) is 0 Å². The summed E-state index contributed by atoms with van der Waals surface area (Å²) in [5.41, 5.74) is 9.38. The Morgan fingerprint density at radius 2 is 2.10 bits per heavy atom. The summed E-state index contributed by atoms with van der Waals surface area (Å²) in [6.07, 6.45) is 0.841. The van der Waals surface area contributed by atoms with Crippen molar-refractivity contribution in [1.29, 1.82) is 0 Å². The quantitative estimate of drug-likeness (QED) is 0.515. The van der Waals surface area contributed by atoms with Crippen molar-refractivity contribution in [3.05, 3.63) is 55.6 Å². The first kappa shape index (κ1) is 14.8. The number of nitrogens with zero attached hydrogens (tertiary/aromatic N) is 1. The lowest BCUT2D eigenvalue weighted by Gasteiger charge is -2.23. The molecule has 0 spiro atoms. The van der Waals surface area contributed by atoms with Gasteiger partial charge in [-0.15, -0.1) is 0 Å². The molecule has 1 aliphatic heterocycles. The molecule has 21 heavy (non-hydrogen) atoms. The van der Waals surface area contributed by atoms with Gasteiger partial charge in [-0.1, -0.05) is 0 Å². The fourth-order valence-electron chi connectivity index (χ4n) is 2.75. The van der Waals surface area contributed by atoms with Gasteiger partial charge >= 0.3 is 0 Å². The Hall–Kier alpha value is -1.08. The smallest absolute Gasteiger partial charge is 0.259 e. The first-order valence-electron chi connectivity index (χ1n) is 6.64. The predicted octanol–water partition coefficient (Wildman–Crippen LogP) is 4.23. The lowest BCUT2D eigenvalue weighted by Crippen LogP contribution is -2.36. The van der Waals surface area contributed by atoms with E-state index >= 15 is 0 Å². The number of anilines is 2. The van der Waals surface area contributed by atoms with Crippen LogP contribution in [0.1, 0.15) is 22.8 Å². The third kappa shape index (κ3) is 2.68. The van der Waals surface area contributed by atoms with Crippen molar-refractivity contribution in [3.63, 3.8) is 0 Å². The van der Waals surface area contributed by atoms with Crippen molar-refractivity contribution < 1.29 is 4.79 Å². The van der Waals surface area contributed by atoms with Crippen molar-refractivity contribution in [1.82, 2.24) is 0 Å². The molecule has 3 nitrogen and oxygen atoms in total. The van der Waals surface area contributed by atoms with E-state index < -0.39 is 0 Å². The molecule has 1 unspecified atom stereocenters. The molecule has 0 aromatic heterocycles. The largest absolute Gasteiger partial charge is 0.399 e. The van der Waals surface area contributed by atoms with Crippen LogP contribution >= 0.6 is 38.5 Å². The summed E-state index contributed by atoms with van der Waals surface area (Å²) in [6, 6.07) is 11.7. The Balaban J connectivity index is 2.05. The summed E-state index contributed by atoms with van der Waals surface area (Å²) >= 11 is 5.70. The van der Waals surface area contributed by atoms with Crippen LogP contribution in [0.5, 0.6) is 0 Å². The van der Waals surface area contributed by atoms with E-state index in [1.54, 1.807) is 0 Å². The molecule has 0 fully saturated rings. The van der Waals surface area contributed by atoms with Gasteiger partial charge in [-0.05, 0) is 93.8 Å². The zero-order valence-electron chi connectivity index (χ0n) is 11.4. The van der Waals surface area contributed by atoms with E-state index in [0.717, 1.165) is 31.4 Å². The Labute approximate surface area is 145 Å². The average molecular weight is 457 g/mol. The van der Waals surface area contributed by atoms with Gasteiger partial charge in [0.25, 0.3) is 5.91 Å². The fourth-order valence-corrected chi connectivity index (χ4v) is 3.66. The zero-order chi connectivity index (χ0) is 15.1. The molecule has 0 saturated carbocycles. The minimum Gasteiger partial charge on any atom is -0.399 e. The summed E-state index contributed by atoms with van der Waals surface area (Å²) in [6.45, 7) is 2.07. The van der Waals surface area contributed by atoms with Crippen LogP contribution in [0.3, 0.4) is 0 Å². The molecular formula is C16H14BrIN2O. The monoisotopic (exact) mass is 456 g/mol. The van der Waals surface area contributed by atoms with Crippen molar-refractivity contribution in [2.24, 2.45) is 0 Å². The van der Waals surface area contributed by atoms with Crippen LogP contribution in [0.15, 0.2) is 40.9 Å². The van der Waals surface area contributed by atoms with Gasteiger partial charge in [0.15, 0.2) is 0 Å². The number of hydrogen-bond donors (Lipinski definition) is 1. The molecule has 108 valence electrons. The molecule has 1 atom stereocenters. The molecule has 1 aliphatic rings. The zero-order valence-corrected chi connectivity index (χ0v) is 15.2. The molecule has 2 aromatic carbocycles. The highest BCUT2D eigenvalue weighted by Gasteiger charge is 2.32. The highest BCUT2D eigenvalue weighted by molar-refractivity contribution is 14.1. The lowest BCUT2D eigenvalue weighted by molar-refractivity contribution is 0.0980. The van der Waals surface area contributed by atoms with Crippen LogP contribution in [0, 0.1) is 3.57 Å². The molecule has 5 heteroatoms. The molecule has 3 rings (SSSR count). The van der Waals surface area contributed by atoms with Gasteiger partial charge in [-0.2, -0.15) is 0 Å². The minimum atomic E-state index is 0.0245. The van der Waals surface area contributed by atoms with Gasteiger partial charge < -0.3 is 10.6 Å². The van der Waals surface area contributed by atoms with E-state index in [-0.39, 0.29) is 11.9 Å². The molecule has 0 bridgehead atoms. The number of hydrogen-bond acceptors (Lipinski definition) is 2. The first-order valence-corrected chi connectivity index (χ1v) is 8.51. The van der Waals surface area contributed by atoms with Crippen LogP contribution < -0.4 is 10.6 Å². The van der Waals surface area contributed by atoms with Crippen molar-refractivity contribution >= 4 is 55.8 Å². The first-order chi connectivity index (χ1) is 9.97. The highest BCUT2D eigenvalue weighted by Crippen LogP contribution is 2.35. The maximum absolute atomic E-state index is 12.9. The normalized spacial score (nSPS) is 16.9. The topological polar surface area (TPSA) is 46.3 Å². The number of carbonyl (C=O) groups excluding carboxylic acids is 1. The van der Waals surface area contributed by atoms with Gasteiger partial charge in [0.05, 0.1) is 5.56 Å². The number of nitrogen functional groups attached to an aromatic ring is 1. The fraction of sp³-hybridized carbons (Fsp3) is 0.188. The average Bonchev–Trinajstić information content (AvgIpc) is 2.75. The SMILES string of the molecule is CC1Cc2cc(N)ccc2N1C(=O)c1cc(I)ccc1Br. The summed E-state index contributed by atoms with van der Waals surface area (Å²) < 4.78 is 1.87. The number of carbonyl (C=O) groups is 1. The Morgan fingerprint density at radius 1 is 1.33 bits per heavy atom. The molecule has 0 aliphatic carbocycles. The molecular weight excluding hydrogens is 443 g/mol. The van der Waals surface area contributed by atoms with Gasteiger partial charge in [-0.3, -0.25) is 4.79 Å². The number of halogens is 2. The summed E-state index contributed by atoms with van der Waals surface area (Å²) in [4.78, 5) is 14.8. The van der Waals surface area contributed by atoms with Crippen LogP contribution in [-0.4, -0.2) is 11.9 Å². The van der Waals surface area contributed by atoms with Crippen LogP contribution in [0.2, 0.25) is 0 Å². The predicted molar refractivity (Wildman–Crippen MR) is 97.7 cm³/mol. The molecule has 1 heterocycles. The number of benzene rings is 2. The van der Waals surface area contributed by atoms with E-state index in [9.17, 15) is 4.79 Å². The van der Waals surface area contributed by atoms with Crippen LogP contribution in [-0.2, 0) is 6.42 Å². The van der Waals surface area contributed by atoms with Gasteiger partial charge in [0.1, 0.15) is 0 Å². The van der Waals surface area contributed by atoms with Crippen LogP contribution in [0.25, 0.3) is 0 Å². The summed E-state index contributed by atoms with van der Waals surface area (Å²) in [7, 11) is 0. The molecule has 2 N–H and O–H groups in total. The summed E-state index contributed by atoms with van der Waals surface area (Å²) in [5.74, 6) is 0.0245. The lowest BCUT2D eigenvalue weighted by atomic mass is 10.1. The van der Waals surface area contributed by atoms with Crippen LogP contribution in [0.4, 0.5) is 11.4 Å². The Bertz CT molecular complexity index is 732.